The molecular weight excluding hydrogens is 219 g/mol. The van der Waals surface area contributed by atoms with E-state index in [1.54, 1.807) is 0 Å². The van der Waals surface area contributed by atoms with Gasteiger partial charge in [-0.2, -0.15) is 0 Å². The number of carbonyl (C=O) groups is 1. The minimum absolute atomic E-state index is 0.0688. The maximum Gasteiger partial charge on any atom is 0.164 e. The first-order valence-corrected chi connectivity index (χ1v) is 5.50. The van der Waals surface area contributed by atoms with E-state index in [1.807, 2.05) is 25.1 Å². The van der Waals surface area contributed by atoms with Crippen LogP contribution < -0.4 is 0 Å². The molecule has 0 amide bonds. The predicted molar refractivity (Wildman–Crippen MR) is 60.4 cm³/mol. The van der Waals surface area contributed by atoms with Crippen molar-refractivity contribution in [2.24, 2.45) is 0 Å². The molecule has 0 heterocycles. The summed E-state index contributed by atoms with van der Waals surface area (Å²) < 4.78 is 0. The zero-order chi connectivity index (χ0) is 10.6. The standard InChI is InChI=1S/C11H12Cl2O/c1-8-2-3-9(7-13)10(6-8)11(14)4-5-12/h2-3,6H,4-5,7H2,1H3. The third-order valence-corrected chi connectivity index (χ3v) is 2.51. The molecule has 0 fully saturated rings. The fourth-order valence-electron chi connectivity index (χ4n) is 1.29. The van der Waals surface area contributed by atoms with Crippen LogP contribution in [0.15, 0.2) is 18.2 Å². The van der Waals surface area contributed by atoms with Gasteiger partial charge in [0.1, 0.15) is 0 Å². The second kappa shape index (κ2) is 5.38. The fraction of sp³-hybridized carbons (Fsp3) is 0.364. The topological polar surface area (TPSA) is 17.1 Å². The molecule has 0 saturated heterocycles. The third-order valence-electron chi connectivity index (χ3n) is 2.03. The molecular formula is C11H12Cl2O. The lowest BCUT2D eigenvalue weighted by molar-refractivity contribution is 0.0988. The number of hydrogen-bond acceptors (Lipinski definition) is 1. The zero-order valence-electron chi connectivity index (χ0n) is 8.02. The van der Waals surface area contributed by atoms with Crippen LogP contribution in [0, 0.1) is 6.92 Å². The largest absolute Gasteiger partial charge is 0.294 e. The zero-order valence-corrected chi connectivity index (χ0v) is 9.53. The smallest absolute Gasteiger partial charge is 0.164 e. The summed E-state index contributed by atoms with van der Waals surface area (Å²) in [7, 11) is 0. The van der Waals surface area contributed by atoms with Gasteiger partial charge in [0.2, 0.25) is 0 Å². The average molecular weight is 231 g/mol. The molecule has 0 aromatic heterocycles. The molecule has 0 radical (unpaired) electrons. The van der Waals surface area contributed by atoms with Crippen LogP contribution >= 0.6 is 23.2 Å². The van der Waals surface area contributed by atoms with E-state index in [0.29, 0.717) is 23.7 Å². The lowest BCUT2D eigenvalue weighted by Gasteiger charge is -2.06. The molecule has 0 spiro atoms. The molecule has 1 aromatic carbocycles. The van der Waals surface area contributed by atoms with Crippen LogP contribution in [0.5, 0.6) is 0 Å². The molecule has 0 aliphatic heterocycles. The van der Waals surface area contributed by atoms with Crippen LogP contribution in [0.25, 0.3) is 0 Å². The van der Waals surface area contributed by atoms with Crippen molar-refractivity contribution in [3.05, 3.63) is 34.9 Å². The maximum atomic E-state index is 11.6. The van der Waals surface area contributed by atoms with Crippen molar-refractivity contribution >= 4 is 29.0 Å². The minimum atomic E-state index is 0.0688. The Bertz CT molecular complexity index is 334. The Balaban J connectivity index is 3.03. The SMILES string of the molecule is Cc1ccc(CCl)c(C(=O)CCCl)c1. The Hall–Kier alpha value is -0.530. The Morgan fingerprint density at radius 2 is 2.07 bits per heavy atom. The van der Waals surface area contributed by atoms with Gasteiger partial charge in [0, 0.05) is 23.7 Å². The molecule has 0 saturated carbocycles. The van der Waals surface area contributed by atoms with Crippen LogP contribution in [0.3, 0.4) is 0 Å². The first kappa shape index (κ1) is 11.5. The van der Waals surface area contributed by atoms with Gasteiger partial charge in [-0.15, -0.1) is 23.2 Å². The highest BCUT2D eigenvalue weighted by Crippen LogP contribution is 2.16. The number of rotatable bonds is 4. The van der Waals surface area contributed by atoms with E-state index >= 15 is 0 Å². The van der Waals surface area contributed by atoms with Gasteiger partial charge in [-0.3, -0.25) is 4.79 Å². The van der Waals surface area contributed by atoms with E-state index in [9.17, 15) is 4.79 Å². The van der Waals surface area contributed by atoms with E-state index in [4.69, 9.17) is 23.2 Å². The second-order valence-corrected chi connectivity index (χ2v) is 3.80. The highest BCUT2D eigenvalue weighted by atomic mass is 35.5. The second-order valence-electron chi connectivity index (χ2n) is 3.16. The van der Waals surface area contributed by atoms with Crippen LogP contribution in [0.1, 0.15) is 27.9 Å². The Kier molecular flexibility index (Phi) is 4.43. The first-order chi connectivity index (χ1) is 6.69. The monoisotopic (exact) mass is 230 g/mol. The highest BCUT2D eigenvalue weighted by Gasteiger charge is 2.10. The van der Waals surface area contributed by atoms with Crippen LogP contribution in [-0.2, 0) is 5.88 Å². The molecule has 0 N–H and O–H groups in total. The van der Waals surface area contributed by atoms with E-state index in [-0.39, 0.29) is 5.78 Å². The number of carbonyl (C=O) groups excluding carboxylic acids is 1. The van der Waals surface area contributed by atoms with Crippen molar-refractivity contribution in [2.75, 3.05) is 5.88 Å². The lowest BCUT2D eigenvalue weighted by atomic mass is 10.0. The van der Waals surface area contributed by atoms with E-state index in [1.165, 1.54) is 0 Å². The van der Waals surface area contributed by atoms with Crippen molar-refractivity contribution in [1.82, 2.24) is 0 Å². The van der Waals surface area contributed by atoms with Crippen LogP contribution in [-0.4, -0.2) is 11.7 Å². The summed E-state index contributed by atoms with van der Waals surface area (Å²) in [6.07, 6.45) is 0.370. The van der Waals surface area contributed by atoms with Gasteiger partial charge in [0.05, 0.1) is 0 Å². The Morgan fingerprint density at radius 1 is 1.36 bits per heavy atom. The summed E-state index contributed by atoms with van der Waals surface area (Å²) in [4.78, 5) is 11.6. The van der Waals surface area contributed by atoms with Gasteiger partial charge < -0.3 is 0 Å². The summed E-state index contributed by atoms with van der Waals surface area (Å²) in [6.45, 7) is 1.95. The van der Waals surface area contributed by atoms with Crippen LogP contribution in [0.2, 0.25) is 0 Å². The third kappa shape index (κ3) is 2.73. The molecule has 0 aliphatic rings. The average Bonchev–Trinajstić information content (AvgIpc) is 2.18. The fourth-order valence-corrected chi connectivity index (χ4v) is 1.69. The number of hydrogen-bond donors (Lipinski definition) is 0. The van der Waals surface area contributed by atoms with Gasteiger partial charge in [-0.05, 0) is 18.6 Å². The minimum Gasteiger partial charge on any atom is -0.294 e. The number of benzene rings is 1. The number of alkyl halides is 2. The Labute approximate surface area is 94.0 Å². The molecule has 1 nitrogen and oxygen atoms in total. The molecule has 1 aromatic rings. The quantitative estimate of drug-likeness (QED) is 0.572. The maximum absolute atomic E-state index is 11.6. The summed E-state index contributed by atoms with van der Waals surface area (Å²) in [5.41, 5.74) is 2.66. The van der Waals surface area contributed by atoms with Gasteiger partial charge in [-0.1, -0.05) is 17.7 Å². The molecule has 0 aliphatic carbocycles. The number of Topliss-reactive ketones (excluding diaryl/α,β-unsaturated/α-hetero) is 1. The van der Waals surface area contributed by atoms with Crippen molar-refractivity contribution < 1.29 is 4.79 Å². The van der Waals surface area contributed by atoms with E-state index in [2.05, 4.69) is 0 Å². The lowest BCUT2D eigenvalue weighted by Crippen LogP contribution is -2.04. The van der Waals surface area contributed by atoms with E-state index in [0.717, 1.165) is 11.1 Å². The molecule has 14 heavy (non-hydrogen) atoms. The molecule has 3 heteroatoms. The number of halogens is 2. The Morgan fingerprint density at radius 3 is 2.64 bits per heavy atom. The van der Waals surface area contributed by atoms with Gasteiger partial charge >= 0.3 is 0 Å². The molecule has 1 rings (SSSR count). The summed E-state index contributed by atoms with van der Waals surface area (Å²) >= 11 is 11.3. The van der Waals surface area contributed by atoms with Crippen molar-refractivity contribution in [3.8, 4) is 0 Å². The van der Waals surface area contributed by atoms with Gasteiger partial charge in [0.15, 0.2) is 5.78 Å². The highest BCUT2D eigenvalue weighted by molar-refractivity contribution is 6.20. The molecule has 0 bridgehead atoms. The number of ketones is 1. The number of aryl methyl sites for hydroxylation is 1. The van der Waals surface area contributed by atoms with Crippen molar-refractivity contribution in [1.29, 1.82) is 0 Å². The van der Waals surface area contributed by atoms with Gasteiger partial charge in [-0.25, -0.2) is 0 Å². The molecule has 0 unspecified atom stereocenters. The van der Waals surface area contributed by atoms with Gasteiger partial charge in [0.25, 0.3) is 0 Å². The first-order valence-electron chi connectivity index (χ1n) is 4.43. The summed E-state index contributed by atoms with van der Waals surface area (Å²) in [5.74, 6) is 0.789. The normalized spacial score (nSPS) is 10.2. The summed E-state index contributed by atoms with van der Waals surface area (Å²) in [5, 5.41) is 0. The summed E-state index contributed by atoms with van der Waals surface area (Å²) in [6, 6.07) is 5.71. The molecule has 76 valence electrons. The van der Waals surface area contributed by atoms with Crippen molar-refractivity contribution in [2.45, 2.75) is 19.2 Å². The predicted octanol–water partition coefficient (Wildman–Crippen LogP) is 3.55. The van der Waals surface area contributed by atoms with Crippen molar-refractivity contribution in [3.63, 3.8) is 0 Å². The van der Waals surface area contributed by atoms with Crippen LogP contribution in [0.4, 0.5) is 0 Å². The molecule has 0 atom stereocenters. The van der Waals surface area contributed by atoms with E-state index < -0.39 is 0 Å².